The average molecular weight is 304 g/mol. The Morgan fingerprint density at radius 2 is 1.91 bits per heavy atom. The monoisotopic (exact) mass is 304 g/mol. The van der Waals surface area contributed by atoms with E-state index in [0.717, 1.165) is 0 Å². The molecule has 116 valence electrons. The lowest BCUT2D eigenvalue weighted by Gasteiger charge is -2.36. The molecule has 0 unspecified atom stereocenters. The van der Waals surface area contributed by atoms with E-state index in [-0.39, 0.29) is 17.6 Å². The fourth-order valence-corrected chi connectivity index (χ4v) is 2.86. The van der Waals surface area contributed by atoms with E-state index in [1.54, 1.807) is 4.90 Å². The molecule has 0 radical (unpaired) electrons. The molecular formula is C14H16N4O4. The highest BCUT2D eigenvalue weighted by atomic mass is 16.2. The number of likely N-dealkylation sites (tertiary alicyclic amines) is 1. The molecule has 22 heavy (non-hydrogen) atoms. The van der Waals surface area contributed by atoms with Crippen molar-refractivity contribution >= 4 is 23.6 Å². The third kappa shape index (κ3) is 2.26. The molecule has 1 aromatic rings. The van der Waals surface area contributed by atoms with Crippen LogP contribution in [0.15, 0.2) is 12.3 Å². The maximum atomic E-state index is 12.4. The van der Waals surface area contributed by atoms with Crippen molar-refractivity contribution in [2.75, 3.05) is 13.1 Å². The van der Waals surface area contributed by atoms with Crippen molar-refractivity contribution in [2.45, 2.75) is 25.3 Å². The first-order valence-corrected chi connectivity index (χ1v) is 7.03. The van der Waals surface area contributed by atoms with Crippen LogP contribution >= 0.6 is 0 Å². The van der Waals surface area contributed by atoms with E-state index in [4.69, 9.17) is 0 Å². The topological polar surface area (TPSA) is 111 Å². The lowest BCUT2D eigenvalue weighted by Crippen LogP contribution is -2.55. The lowest BCUT2D eigenvalue weighted by atomic mass is 9.87. The number of ketones is 1. The van der Waals surface area contributed by atoms with Crippen molar-refractivity contribution < 1.29 is 19.2 Å². The Bertz CT molecular complexity index is 670. The summed E-state index contributed by atoms with van der Waals surface area (Å²) in [7, 11) is 0. The van der Waals surface area contributed by atoms with Crippen LogP contribution < -0.4 is 10.6 Å². The zero-order chi connectivity index (χ0) is 15.9. The minimum absolute atomic E-state index is 0.113. The Kier molecular flexibility index (Phi) is 3.23. The molecule has 2 aliphatic heterocycles. The van der Waals surface area contributed by atoms with Gasteiger partial charge in [-0.2, -0.15) is 0 Å². The standard InChI is InChI=1S/C14H16N4O4/c1-8(19)9-6-10(15-7-9)11(20)18-4-2-14(3-5-18)12(21)16-13(22)17-14/h6-7,15H,2-5H2,1H3,(H2,16,17,21,22). The molecule has 0 aliphatic carbocycles. The summed E-state index contributed by atoms with van der Waals surface area (Å²) in [6.07, 6.45) is 2.25. The highest BCUT2D eigenvalue weighted by Crippen LogP contribution is 2.26. The number of aromatic nitrogens is 1. The number of carbonyl (C=O) groups excluding carboxylic acids is 4. The molecule has 1 spiro atoms. The van der Waals surface area contributed by atoms with E-state index >= 15 is 0 Å². The largest absolute Gasteiger partial charge is 0.356 e. The Hall–Kier alpha value is -2.64. The SMILES string of the molecule is CC(=O)c1c[nH]c(C(=O)N2CCC3(CC2)NC(=O)NC3=O)c1. The summed E-state index contributed by atoms with van der Waals surface area (Å²) in [6, 6.07) is 1.04. The zero-order valence-corrected chi connectivity index (χ0v) is 12.1. The second-order valence-electron chi connectivity index (χ2n) is 5.64. The van der Waals surface area contributed by atoms with Gasteiger partial charge in [-0.25, -0.2) is 4.79 Å². The first-order chi connectivity index (χ1) is 10.4. The maximum Gasteiger partial charge on any atom is 0.322 e. The van der Waals surface area contributed by atoms with Gasteiger partial charge in [0.1, 0.15) is 11.2 Å². The summed E-state index contributed by atoms with van der Waals surface area (Å²) < 4.78 is 0. The van der Waals surface area contributed by atoms with Crippen LogP contribution in [0, 0.1) is 0 Å². The first kappa shape index (κ1) is 14.3. The van der Waals surface area contributed by atoms with Gasteiger partial charge in [0.2, 0.25) is 0 Å². The van der Waals surface area contributed by atoms with Crippen LogP contribution in [0.5, 0.6) is 0 Å². The van der Waals surface area contributed by atoms with Crippen molar-refractivity contribution in [1.29, 1.82) is 0 Å². The summed E-state index contributed by atoms with van der Waals surface area (Å²) >= 11 is 0. The van der Waals surface area contributed by atoms with Crippen molar-refractivity contribution in [3.63, 3.8) is 0 Å². The van der Waals surface area contributed by atoms with Crippen LogP contribution in [-0.2, 0) is 4.79 Å². The predicted molar refractivity (Wildman–Crippen MR) is 75.3 cm³/mol. The van der Waals surface area contributed by atoms with Gasteiger partial charge in [-0.05, 0) is 25.8 Å². The van der Waals surface area contributed by atoms with Crippen molar-refractivity contribution in [2.24, 2.45) is 0 Å². The van der Waals surface area contributed by atoms with Crippen molar-refractivity contribution in [3.05, 3.63) is 23.5 Å². The summed E-state index contributed by atoms with van der Waals surface area (Å²) in [5.74, 6) is -0.659. The molecule has 0 atom stereocenters. The van der Waals surface area contributed by atoms with E-state index in [1.165, 1.54) is 19.2 Å². The van der Waals surface area contributed by atoms with Gasteiger partial charge < -0.3 is 15.2 Å². The van der Waals surface area contributed by atoms with E-state index in [1.807, 2.05) is 0 Å². The van der Waals surface area contributed by atoms with E-state index in [9.17, 15) is 19.2 Å². The number of Topliss-reactive ketones (excluding diaryl/α,β-unsaturated/α-hetero) is 1. The van der Waals surface area contributed by atoms with E-state index in [2.05, 4.69) is 15.6 Å². The van der Waals surface area contributed by atoms with E-state index < -0.39 is 11.6 Å². The van der Waals surface area contributed by atoms with Crippen LogP contribution in [0.2, 0.25) is 0 Å². The van der Waals surface area contributed by atoms with Gasteiger partial charge in [0, 0.05) is 24.8 Å². The number of nitrogens with zero attached hydrogens (tertiary/aromatic N) is 1. The summed E-state index contributed by atoms with van der Waals surface area (Å²) in [4.78, 5) is 51.2. The van der Waals surface area contributed by atoms with Gasteiger partial charge in [-0.1, -0.05) is 0 Å². The van der Waals surface area contributed by atoms with Crippen LogP contribution in [0.3, 0.4) is 0 Å². The molecule has 3 heterocycles. The van der Waals surface area contributed by atoms with Crippen LogP contribution in [0.4, 0.5) is 4.79 Å². The Morgan fingerprint density at radius 3 is 2.41 bits per heavy atom. The molecule has 0 bridgehead atoms. The third-order valence-electron chi connectivity index (χ3n) is 4.24. The Labute approximate surface area is 126 Å². The molecule has 0 saturated carbocycles. The number of aromatic amines is 1. The minimum Gasteiger partial charge on any atom is -0.356 e. The number of amides is 4. The van der Waals surface area contributed by atoms with Gasteiger partial charge >= 0.3 is 6.03 Å². The minimum atomic E-state index is -0.895. The van der Waals surface area contributed by atoms with Gasteiger partial charge in [0.15, 0.2) is 5.78 Å². The Balaban J connectivity index is 1.68. The highest BCUT2D eigenvalue weighted by Gasteiger charge is 2.48. The van der Waals surface area contributed by atoms with Crippen LogP contribution in [-0.4, -0.2) is 52.1 Å². The van der Waals surface area contributed by atoms with Crippen LogP contribution in [0.1, 0.15) is 40.6 Å². The molecule has 3 N–H and O–H groups in total. The smallest absolute Gasteiger partial charge is 0.322 e. The molecule has 1 aromatic heterocycles. The predicted octanol–water partition coefficient (Wildman–Crippen LogP) is 0.0315. The molecule has 8 heteroatoms. The second kappa shape index (κ2) is 4.97. The van der Waals surface area contributed by atoms with Gasteiger partial charge in [0.05, 0.1) is 0 Å². The average Bonchev–Trinajstić information content (AvgIpc) is 3.05. The third-order valence-corrected chi connectivity index (χ3v) is 4.24. The fourth-order valence-electron chi connectivity index (χ4n) is 2.86. The number of imide groups is 1. The number of urea groups is 1. The van der Waals surface area contributed by atoms with E-state index in [0.29, 0.717) is 37.2 Å². The fraction of sp³-hybridized carbons (Fsp3) is 0.429. The quantitative estimate of drug-likeness (QED) is 0.528. The zero-order valence-electron chi connectivity index (χ0n) is 12.1. The number of nitrogens with one attached hydrogen (secondary N) is 3. The normalized spacial score (nSPS) is 20.0. The number of rotatable bonds is 2. The van der Waals surface area contributed by atoms with Gasteiger partial charge in [-0.15, -0.1) is 0 Å². The number of hydrogen-bond donors (Lipinski definition) is 3. The summed E-state index contributed by atoms with van der Waals surface area (Å²) in [5.41, 5.74) is -0.0888. The second-order valence-corrected chi connectivity index (χ2v) is 5.64. The molecule has 2 fully saturated rings. The summed E-state index contributed by atoms with van der Waals surface area (Å²) in [5, 5.41) is 4.88. The number of H-pyrrole nitrogens is 1. The molecule has 2 saturated heterocycles. The highest BCUT2D eigenvalue weighted by molar-refractivity contribution is 6.07. The van der Waals surface area contributed by atoms with Crippen molar-refractivity contribution in [1.82, 2.24) is 20.5 Å². The molecule has 4 amide bonds. The molecular weight excluding hydrogens is 288 g/mol. The number of hydrogen-bond acceptors (Lipinski definition) is 4. The molecule has 0 aromatic carbocycles. The van der Waals surface area contributed by atoms with Gasteiger partial charge in [0.25, 0.3) is 11.8 Å². The number of piperidine rings is 1. The molecule has 8 nitrogen and oxygen atoms in total. The molecule has 2 aliphatic rings. The van der Waals surface area contributed by atoms with Crippen LogP contribution in [0.25, 0.3) is 0 Å². The van der Waals surface area contributed by atoms with Gasteiger partial charge in [-0.3, -0.25) is 19.7 Å². The van der Waals surface area contributed by atoms with Crippen molar-refractivity contribution in [3.8, 4) is 0 Å². The lowest BCUT2D eigenvalue weighted by molar-refractivity contribution is -0.125. The first-order valence-electron chi connectivity index (χ1n) is 7.03. The maximum absolute atomic E-state index is 12.4. The summed E-state index contributed by atoms with van der Waals surface area (Å²) in [6.45, 7) is 2.16. The Morgan fingerprint density at radius 1 is 1.23 bits per heavy atom. The number of carbonyl (C=O) groups is 4. The molecule has 3 rings (SSSR count).